The minimum atomic E-state index is -1.01. The molecule has 0 aliphatic carbocycles. The third-order valence-electron chi connectivity index (χ3n) is 3.22. The smallest absolute Gasteiger partial charge is 0.335 e. The van der Waals surface area contributed by atoms with Gasteiger partial charge in [-0.1, -0.05) is 12.1 Å². The van der Waals surface area contributed by atoms with E-state index in [1.807, 2.05) is 0 Å². The molecule has 0 radical (unpaired) electrons. The molecular weight excluding hydrogens is 274 g/mol. The molecule has 0 saturated heterocycles. The Hall–Kier alpha value is -3.02. The molecule has 6 nitrogen and oxygen atoms in total. The Kier molecular flexibility index (Phi) is 2.98. The summed E-state index contributed by atoms with van der Waals surface area (Å²) in [5.41, 5.74) is 1.73. The first kappa shape index (κ1) is 13.0. The predicted octanol–water partition coefficient (Wildman–Crippen LogP) is 2.59. The van der Waals surface area contributed by atoms with E-state index >= 15 is 0 Å². The van der Waals surface area contributed by atoms with E-state index in [9.17, 15) is 9.59 Å². The van der Waals surface area contributed by atoms with Gasteiger partial charge in [-0.2, -0.15) is 0 Å². The van der Waals surface area contributed by atoms with Crippen LogP contribution < -0.4 is 10.1 Å². The molecule has 2 aromatic rings. The Morgan fingerprint density at radius 1 is 0.952 bits per heavy atom. The topological polar surface area (TPSA) is 95.9 Å². The second kappa shape index (κ2) is 4.82. The number of carbonyl (C=O) groups is 2. The quantitative estimate of drug-likeness (QED) is 0.802. The monoisotopic (exact) mass is 285 g/mol. The Balaban J connectivity index is 1.84. The highest BCUT2D eigenvalue weighted by atomic mass is 16.5. The number of hydrogen-bond donors (Lipinski definition) is 3. The van der Waals surface area contributed by atoms with Gasteiger partial charge in [-0.3, -0.25) is 0 Å². The Morgan fingerprint density at radius 2 is 1.57 bits per heavy atom. The average molecular weight is 285 g/mol. The Morgan fingerprint density at radius 3 is 2.19 bits per heavy atom. The summed E-state index contributed by atoms with van der Waals surface area (Å²) >= 11 is 0. The molecule has 3 rings (SSSR count). The first-order valence-electron chi connectivity index (χ1n) is 6.18. The highest BCUT2D eigenvalue weighted by molar-refractivity contribution is 5.90. The number of ether oxygens (including phenoxy) is 1. The van der Waals surface area contributed by atoms with Crippen LogP contribution in [0.25, 0.3) is 0 Å². The number of fused-ring (bicyclic) bond motifs is 1. The molecule has 21 heavy (non-hydrogen) atoms. The minimum absolute atomic E-state index is 0.173. The van der Waals surface area contributed by atoms with Crippen molar-refractivity contribution < 1.29 is 24.5 Å². The van der Waals surface area contributed by atoms with Crippen molar-refractivity contribution >= 4 is 17.6 Å². The van der Waals surface area contributed by atoms with Crippen LogP contribution in [-0.4, -0.2) is 22.2 Å². The van der Waals surface area contributed by atoms with E-state index in [0.717, 1.165) is 5.56 Å². The summed E-state index contributed by atoms with van der Waals surface area (Å²) in [5, 5.41) is 20.9. The SMILES string of the molecule is O=C(O)c1ccc(C2Nc3cc(C(=O)O)ccc3O2)cc1. The Labute approximate surface area is 119 Å². The standard InChI is InChI=1S/C15H11NO5/c17-14(18)9-3-1-8(2-4-9)13-16-11-7-10(15(19)20)5-6-12(11)21-13/h1-7,13,16H,(H,17,18)(H,19,20). The van der Waals surface area contributed by atoms with Gasteiger partial charge in [0.1, 0.15) is 5.75 Å². The van der Waals surface area contributed by atoms with Crippen LogP contribution in [0.15, 0.2) is 42.5 Å². The van der Waals surface area contributed by atoms with Gasteiger partial charge in [0.15, 0.2) is 6.23 Å². The lowest BCUT2D eigenvalue weighted by atomic mass is 10.1. The molecule has 3 N–H and O–H groups in total. The van der Waals surface area contributed by atoms with E-state index < -0.39 is 18.2 Å². The maximum absolute atomic E-state index is 10.9. The lowest BCUT2D eigenvalue weighted by molar-refractivity contribution is 0.0686. The van der Waals surface area contributed by atoms with Gasteiger partial charge in [-0.25, -0.2) is 9.59 Å². The number of carboxylic acid groups (broad SMARTS) is 2. The van der Waals surface area contributed by atoms with E-state index in [4.69, 9.17) is 14.9 Å². The van der Waals surface area contributed by atoms with Gasteiger partial charge in [0, 0.05) is 5.56 Å². The van der Waals surface area contributed by atoms with Crippen molar-refractivity contribution in [3.8, 4) is 5.75 Å². The molecule has 0 spiro atoms. The average Bonchev–Trinajstić information content (AvgIpc) is 2.90. The molecule has 1 aliphatic heterocycles. The Bertz CT molecular complexity index is 723. The molecule has 0 fully saturated rings. The molecule has 0 aromatic heterocycles. The number of hydrogen-bond acceptors (Lipinski definition) is 4. The fourth-order valence-electron chi connectivity index (χ4n) is 2.13. The zero-order valence-corrected chi connectivity index (χ0v) is 10.7. The zero-order valence-electron chi connectivity index (χ0n) is 10.7. The molecule has 0 bridgehead atoms. The first-order chi connectivity index (χ1) is 10.0. The molecule has 1 unspecified atom stereocenters. The van der Waals surface area contributed by atoms with Crippen LogP contribution in [-0.2, 0) is 0 Å². The summed E-state index contributed by atoms with van der Waals surface area (Å²) in [6, 6.07) is 10.9. The van der Waals surface area contributed by atoms with E-state index in [1.54, 1.807) is 18.2 Å². The van der Waals surface area contributed by atoms with Crippen molar-refractivity contribution in [1.29, 1.82) is 0 Å². The largest absolute Gasteiger partial charge is 0.478 e. The predicted molar refractivity (Wildman–Crippen MR) is 73.8 cm³/mol. The zero-order chi connectivity index (χ0) is 15.0. The minimum Gasteiger partial charge on any atom is -0.478 e. The molecule has 0 amide bonds. The molecular formula is C15H11NO5. The number of nitrogens with one attached hydrogen (secondary N) is 1. The fraction of sp³-hybridized carbons (Fsp3) is 0.0667. The molecule has 2 aromatic carbocycles. The second-order valence-corrected chi connectivity index (χ2v) is 4.59. The lowest BCUT2D eigenvalue weighted by Gasteiger charge is -2.11. The van der Waals surface area contributed by atoms with Gasteiger partial charge >= 0.3 is 11.9 Å². The van der Waals surface area contributed by atoms with Crippen molar-refractivity contribution in [2.24, 2.45) is 0 Å². The molecule has 6 heteroatoms. The molecule has 0 saturated carbocycles. The summed E-state index contributed by atoms with van der Waals surface area (Å²) in [6.07, 6.45) is -0.466. The van der Waals surface area contributed by atoms with Crippen molar-refractivity contribution in [3.63, 3.8) is 0 Å². The van der Waals surface area contributed by atoms with Crippen LogP contribution in [0, 0.1) is 0 Å². The number of rotatable bonds is 3. The summed E-state index contributed by atoms with van der Waals surface area (Å²) < 4.78 is 5.68. The molecule has 1 heterocycles. The first-order valence-corrected chi connectivity index (χ1v) is 6.18. The summed E-state index contributed by atoms with van der Waals surface area (Å²) in [4.78, 5) is 21.7. The van der Waals surface area contributed by atoms with Crippen LogP contribution in [0.2, 0.25) is 0 Å². The van der Waals surface area contributed by atoms with Crippen LogP contribution in [0.5, 0.6) is 5.75 Å². The maximum atomic E-state index is 10.9. The van der Waals surface area contributed by atoms with E-state index in [1.165, 1.54) is 24.3 Å². The van der Waals surface area contributed by atoms with Crippen molar-refractivity contribution in [2.75, 3.05) is 5.32 Å². The van der Waals surface area contributed by atoms with Gasteiger partial charge in [0.05, 0.1) is 16.8 Å². The molecule has 1 atom stereocenters. The lowest BCUT2D eigenvalue weighted by Crippen LogP contribution is -2.10. The van der Waals surface area contributed by atoms with E-state index in [-0.39, 0.29) is 11.1 Å². The normalized spacial score (nSPS) is 15.7. The second-order valence-electron chi connectivity index (χ2n) is 4.59. The molecule has 1 aliphatic rings. The molecule has 106 valence electrons. The van der Waals surface area contributed by atoms with E-state index in [2.05, 4.69) is 5.32 Å². The van der Waals surface area contributed by atoms with Crippen LogP contribution in [0.3, 0.4) is 0 Å². The number of anilines is 1. The van der Waals surface area contributed by atoms with Crippen molar-refractivity contribution in [2.45, 2.75) is 6.23 Å². The fourth-order valence-corrected chi connectivity index (χ4v) is 2.13. The van der Waals surface area contributed by atoms with Gasteiger partial charge in [-0.05, 0) is 30.3 Å². The van der Waals surface area contributed by atoms with Gasteiger partial charge in [-0.15, -0.1) is 0 Å². The highest BCUT2D eigenvalue weighted by Crippen LogP contribution is 2.38. The third kappa shape index (κ3) is 2.38. The number of benzene rings is 2. The van der Waals surface area contributed by atoms with Gasteiger partial charge < -0.3 is 20.3 Å². The third-order valence-corrected chi connectivity index (χ3v) is 3.22. The number of carboxylic acids is 2. The summed E-state index contributed by atoms with van der Waals surface area (Å²) in [6.45, 7) is 0. The van der Waals surface area contributed by atoms with Crippen molar-refractivity contribution in [3.05, 3.63) is 59.2 Å². The highest BCUT2D eigenvalue weighted by Gasteiger charge is 2.24. The van der Waals surface area contributed by atoms with Crippen LogP contribution >= 0.6 is 0 Å². The van der Waals surface area contributed by atoms with E-state index in [0.29, 0.717) is 11.4 Å². The van der Waals surface area contributed by atoms with Gasteiger partial charge in [0.2, 0.25) is 0 Å². The van der Waals surface area contributed by atoms with Crippen LogP contribution in [0.4, 0.5) is 5.69 Å². The van der Waals surface area contributed by atoms with Gasteiger partial charge in [0.25, 0.3) is 0 Å². The maximum Gasteiger partial charge on any atom is 0.335 e. The van der Waals surface area contributed by atoms with Crippen LogP contribution in [0.1, 0.15) is 32.5 Å². The summed E-state index contributed by atoms with van der Waals surface area (Å²) in [5.74, 6) is -1.43. The summed E-state index contributed by atoms with van der Waals surface area (Å²) in [7, 11) is 0. The van der Waals surface area contributed by atoms with Crippen molar-refractivity contribution in [1.82, 2.24) is 0 Å². The number of aromatic carboxylic acids is 2.